The third kappa shape index (κ3) is 3.35. The standard InChI is InChI=1S/C34H48FNO2/c1-21(2)22-13-16-34(27(37)10-9-19-35)18-17-32(6)23(28(22)34)11-12-26-31(5)20-24(36-8)29(38)30(3,4)25(31)14-15-33(26,32)7/h20,22-23,25-26,28H,1,9-19H2,2-7H3/t22?,23-,25+,26-,28-,31+,32-,33-,34-/m1/s1. The molecule has 4 saturated carbocycles. The van der Waals surface area contributed by atoms with E-state index < -0.39 is 12.1 Å². The largest absolute Gasteiger partial charge is 0.307 e. The van der Waals surface area contributed by atoms with Crippen LogP contribution in [0.1, 0.15) is 106 Å². The third-order valence-electron chi connectivity index (χ3n) is 13.6. The molecule has 0 aromatic heterocycles. The molecule has 0 N–H and O–H groups in total. The van der Waals surface area contributed by atoms with Gasteiger partial charge in [-0.25, -0.2) is 4.85 Å². The molecular weight excluding hydrogens is 473 g/mol. The minimum atomic E-state index is -0.524. The normalized spacial score (nSPS) is 47.1. The van der Waals surface area contributed by atoms with Crippen molar-refractivity contribution in [1.82, 2.24) is 0 Å². The maximum absolute atomic E-state index is 13.8. The lowest BCUT2D eigenvalue weighted by Crippen LogP contribution is -2.66. The van der Waals surface area contributed by atoms with Crippen molar-refractivity contribution < 1.29 is 14.0 Å². The predicted molar refractivity (Wildman–Crippen MR) is 150 cm³/mol. The van der Waals surface area contributed by atoms with Crippen LogP contribution in [0.15, 0.2) is 23.9 Å². The van der Waals surface area contributed by atoms with Gasteiger partial charge in [-0.05, 0) is 111 Å². The maximum atomic E-state index is 13.8. The summed E-state index contributed by atoms with van der Waals surface area (Å²) in [5.74, 6) is 2.07. The van der Waals surface area contributed by atoms with Gasteiger partial charge in [-0.2, -0.15) is 0 Å². The summed E-state index contributed by atoms with van der Waals surface area (Å²) < 4.78 is 13.1. The molecule has 5 aliphatic rings. The number of hydrogen-bond acceptors (Lipinski definition) is 2. The summed E-state index contributed by atoms with van der Waals surface area (Å²) in [6, 6.07) is 0. The van der Waals surface area contributed by atoms with Gasteiger partial charge < -0.3 is 4.79 Å². The molecule has 208 valence electrons. The fourth-order valence-electron chi connectivity index (χ4n) is 11.7. The molecule has 0 spiro atoms. The maximum Gasteiger partial charge on any atom is 0.226 e. The molecule has 3 nitrogen and oxygen atoms in total. The summed E-state index contributed by atoms with van der Waals surface area (Å²) in [5, 5.41) is 0. The smallest absolute Gasteiger partial charge is 0.226 e. The van der Waals surface area contributed by atoms with Crippen LogP contribution in [-0.4, -0.2) is 18.2 Å². The fourth-order valence-corrected chi connectivity index (χ4v) is 11.7. The van der Waals surface area contributed by atoms with E-state index in [-0.39, 0.29) is 33.4 Å². The first-order valence-electron chi connectivity index (χ1n) is 15.1. The van der Waals surface area contributed by atoms with Crippen LogP contribution in [-0.2, 0) is 9.59 Å². The second-order valence-electron chi connectivity index (χ2n) is 15.1. The molecule has 0 heterocycles. The molecular formula is C34H48FNO2. The van der Waals surface area contributed by atoms with Crippen LogP contribution in [0.5, 0.6) is 0 Å². The Bertz CT molecular complexity index is 1130. The Kier molecular flexibility index (Phi) is 6.49. The average Bonchev–Trinajstić information content (AvgIpc) is 3.26. The Balaban J connectivity index is 1.59. The number of rotatable bonds is 5. The third-order valence-corrected chi connectivity index (χ3v) is 13.6. The van der Waals surface area contributed by atoms with Crippen molar-refractivity contribution in [3.05, 3.63) is 35.3 Å². The Morgan fingerprint density at radius 2 is 1.74 bits per heavy atom. The number of carbonyl (C=O) groups is 2. The van der Waals surface area contributed by atoms with Gasteiger partial charge >= 0.3 is 0 Å². The number of allylic oxidation sites excluding steroid dienone is 3. The van der Waals surface area contributed by atoms with Gasteiger partial charge in [-0.15, -0.1) is 0 Å². The Morgan fingerprint density at radius 1 is 1.03 bits per heavy atom. The van der Waals surface area contributed by atoms with Crippen molar-refractivity contribution in [2.75, 3.05) is 6.67 Å². The van der Waals surface area contributed by atoms with E-state index in [1.165, 1.54) is 5.57 Å². The molecule has 4 fully saturated rings. The zero-order valence-corrected chi connectivity index (χ0v) is 24.6. The van der Waals surface area contributed by atoms with Crippen LogP contribution >= 0.6 is 0 Å². The predicted octanol–water partition coefficient (Wildman–Crippen LogP) is 8.55. The molecule has 4 heteroatoms. The first-order valence-corrected chi connectivity index (χ1v) is 15.1. The molecule has 5 rings (SSSR count). The van der Waals surface area contributed by atoms with Gasteiger partial charge in [-0.1, -0.05) is 52.8 Å². The van der Waals surface area contributed by atoms with Crippen molar-refractivity contribution in [3.63, 3.8) is 0 Å². The second-order valence-corrected chi connectivity index (χ2v) is 15.1. The molecule has 0 aromatic rings. The quantitative estimate of drug-likeness (QED) is 0.268. The van der Waals surface area contributed by atoms with Gasteiger partial charge in [0.1, 0.15) is 5.78 Å². The number of fused-ring (bicyclic) bond motifs is 7. The highest BCUT2D eigenvalue weighted by molar-refractivity contribution is 6.02. The van der Waals surface area contributed by atoms with Gasteiger partial charge in [0.05, 0.1) is 13.2 Å². The first-order chi connectivity index (χ1) is 17.7. The SMILES string of the molecule is [C-]#[N+]C1=C[C@]2(C)[C@H]3CC[C@@H]4[C@H]5C(C(=C)C)CC[C@]5(C(=O)CCCF)CC[C@@]4(C)[C@]3(C)CC[C@H]2C(C)(C)C1=O. The average molecular weight is 522 g/mol. The molecule has 0 aliphatic heterocycles. The number of hydrogen-bond donors (Lipinski definition) is 0. The fraction of sp³-hybridized carbons (Fsp3) is 0.794. The van der Waals surface area contributed by atoms with Crippen LogP contribution in [0.4, 0.5) is 4.39 Å². The molecule has 38 heavy (non-hydrogen) atoms. The molecule has 0 saturated heterocycles. The van der Waals surface area contributed by atoms with Crippen molar-refractivity contribution >= 4 is 11.6 Å². The Morgan fingerprint density at radius 3 is 2.37 bits per heavy atom. The van der Waals surface area contributed by atoms with Gasteiger partial charge in [0.25, 0.3) is 0 Å². The van der Waals surface area contributed by atoms with Crippen molar-refractivity contribution in [2.24, 2.45) is 56.7 Å². The lowest BCUT2D eigenvalue weighted by molar-refractivity contribution is -0.217. The van der Waals surface area contributed by atoms with Crippen LogP contribution in [0, 0.1) is 63.2 Å². The van der Waals surface area contributed by atoms with E-state index in [2.05, 4.69) is 59.0 Å². The summed E-state index contributed by atoms with van der Waals surface area (Å²) in [6.45, 7) is 25.5. The number of alkyl halides is 1. The highest BCUT2D eigenvalue weighted by Crippen LogP contribution is 2.77. The highest BCUT2D eigenvalue weighted by Gasteiger charge is 2.71. The van der Waals surface area contributed by atoms with E-state index in [1.807, 2.05) is 0 Å². The molecule has 0 amide bonds. The number of nitrogens with zero attached hydrogens (tertiary/aromatic N) is 1. The number of halogens is 1. The second kappa shape index (κ2) is 8.87. The topological polar surface area (TPSA) is 38.5 Å². The lowest BCUT2D eigenvalue weighted by Gasteiger charge is -2.71. The summed E-state index contributed by atoms with van der Waals surface area (Å²) >= 11 is 0. The van der Waals surface area contributed by atoms with Crippen LogP contribution in [0.2, 0.25) is 0 Å². The zero-order valence-electron chi connectivity index (χ0n) is 24.6. The lowest BCUT2D eigenvalue weighted by atomic mass is 9.32. The van der Waals surface area contributed by atoms with Crippen molar-refractivity contribution in [3.8, 4) is 0 Å². The van der Waals surface area contributed by atoms with Gasteiger partial charge in [0.15, 0.2) is 5.78 Å². The van der Waals surface area contributed by atoms with Gasteiger partial charge in [-0.3, -0.25) is 9.18 Å². The molecule has 9 atom stereocenters. The Labute approximate surface area is 229 Å². The van der Waals surface area contributed by atoms with E-state index in [0.717, 1.165) is 51.4 Å². The summed E-state index contributed by atoms with van der Waals surface area (Å²) in [6.07, 6.45) is 11.0. The molecule has 0 radical (unpaired) electrons. The van der Waals surface area contributed by atoms with Crippen LogP contribution in [0.3, 0.4) is 0 Å². The summed E-state index contributed by atoms with van der Waals surface area (Å²) in [5.41, 5.74) is 0.663. The Hall–Kier alpha value is -1.76. The van der Waals surface area contributed by atoms with E-state index >= 15 is 0 Å². The summed E-state index contributed by atoms with van der Waals surface area (Å²) in [4.78, 5) is 30.8. The number of Topliss-reactive ketones (excluding diaryl/α,β-unsaturated/α-hetero) is 2. The van der Waals surface area contributed by atoms with E-state index in [4.69, 9.17) is 6.57 Å². The molecule has 1 unspecified atom stereocenters. The van der Waals surface area contributed by atoms with Crippen molar-refractivity contribution in [1.29, 1.82) is 0 Å². The number of ketones is 2. The minimum absolute atomic E-state index is 0.0166. The molecule has 0 aromatic carbocycles. The number of carbonyl (C=O) groups excluding carboxylic acids is 2. The van der Waals surface area contributed by atoms with Crippen molar-refractivity contribution in [2.45, 2.75) is 106 Å². The van der Waals surface area contributed by atoms with E-state index in [9.17, 15) is 14.0 Å². The minimum Gasteiger partial charge on any atom is -0.307 e. The zero-order chi connectivity index (χ0) is 27.9. The summed E-state index contributed by atoms with van der Waals surface area (Å²) in [7, 11) is 0. The van der Waals surface area contributed by atoms with Crippen LogP contribution in [0.25, 0.3) is 4.85 Å². The van der Waals surface area contributed by atoms with Crippen LogP contribution < -0.4 is 0 Å². The monoisotopic (exact) mass is 521 g/mol. The first kappa shape index (κ1) is 27.8. The van der Waals surface area contributed by atoms with Gasteiger partial charge in [0, 0.05) is 17.3 Å². The van der Waals surface area contributed by atoms with E-state index in [0.29, 0.717) is 48.0 Å². The van der Waals surface area contributed by atoms with E-state index in [1.54, 1.807) is 0 Å². The van der Waals surface area contributed by atoms with Gasteiger partial charge in [0.2, 0.25) is 5.70 Å². The highest BCUT2D eigenvalue weighted by atomic mass is 19.1. The molecule has 5 aliphatic carbocycles. The molecule has 0 bridgehead atoms.